The van der Waals surface area contributed by atoms with Gasteiger partial charge in [-0.3, -0.25) is 14.2 Å². The first-order chi connectivity index (χ1) is 8.50. The fourth-order valence-corrected chi connectivity index (χ4v) is 1.82. The van der Waals surface area contributed by atoms with E-state index in [-0.39, 0.29) is 23.8 Å². The van der Waals surface area contributed by atoms with Crippen molar-refractivity contribution in [1.82, 2.24) is 9.55 Å². The topological polar surface area (TPSA) is 52.0 Å². The Hall–Kier alpha value is -1.97. The highest BCUT2D eigenvalue weighted by molar-refractivity contribution is 5.82. The third-order valence-electron chi connectivity index (χ3n) is 2.97. The second-order valence-electron chi connectivity index (χ2n) is 4.70. The van der Waals surface area contributed by atoms with E-state index in [4.69, 9.17) is 0 Å². The number of aromatic nitrogens is 2. The number of carbonyl (C=O) groups is 1. The van der Waals surface area contributed by atoms with E-state index in [0.717, 1.165) is 5.52 Å². The van der Waals surface area contributed by atoms with Gasteiger partial charge in [-0.2, -0.15) is 0 Å². The molecule has 0 aliphatic rings. The zero-order valence-electron chi connectivity index (χ0n) is 10.8. The van der Waals surface area contributed by atoms with Crippen LogP contribution < -0.4 is 5.56 Å². The molecule has 1 aromatic carbocycles. The van der Waals surface area contributed by atoms with Crippen molar-refractivity contribution in [1.29, 1.82) is 0 Å². The molecular weight excluding hydrogens is 228 g/mol. The van der Waals surface area contributed by atoms with Crippen molar-refractivity contribution in [2.24, 2.45) is 5.92 Å². The standard InChI is InChI=1S/C14H16N2O2/c1-9(2)13(17)8-16-12-7-5-4-6-11(12)15-10(3)14(16)18/h4-7,9H,8H2,1-3H3. The highest BCUT2D eigenvalue weighted by Crippen LogP contribution is 2.10. The smallest absolute Gasteiger partial charge is 0.272 e. The van der Waals surface area contributed by atoms with Crippen LogP contribution in [0.3, 0.4) is 0 Å². The molecule has 0 spiro atoms. The zero-order valence-corrected chi connectivity index (χ0v) is 10.8. The molecule has 18 heavy (non-hydrogen) atoms. The van der Waals surface area contributed by atoms with Gasteiger partial charge in [-0.1, -0.05) is 26.0 Å². The molecule has 2 aromatic rings. The summed E-state index contributed by atoms with van der Waals surface area (Å²) in [7, 11) is 0. The zero-order chi connectivity index (χ0) is 13.3. The third kappa shape index (κ3) is 2.18. The van der Waals surface area contributed by atoms with Crippen LogP contribution in [0.5, 0.6) is 0 Å². The average molecular weight is 244 g/mol. The number of fused-ring (bicyclic) bond motifs is 1. The first kappa shape index (κ1) is 12.5. The van der Waals surface area contributed by atoms with E-state index in [1.165, 1.54) is 4.57 Å². The summed E-state index contributed by atoms with van der Waals surface area (Å²) >= 11 is 0. The summed E-state index contributed by atoms with van der Waals surface area (Å²) in [5.41, 5.74) is 1.68. The molecule has 4 nitrogen and oxygen atoms in total. The second kappa shape index (κ2) is 4.72. The van der Waals surface area contributed by atoms with Crippen LogP contribution in [0.4, 0.5) is 0 Å². The normalized spacial score (nSPS) is 11.1. The predicted molar refractivity (Wildman–Crippen MR) is 70.6 cm³/mol. The average Bonchev–Trinajstić information content (AvgIpc) is 2.34. The van der Waals surface area contributed by atoms with Crippen LogP contribution >= 0.6 is 0 Å². The van der Waals surface area contributed by atoms with E-state index in [1.807, 2.05) is 38.1 Å². The molecule has 0 N–H and O–H groups in total. The lowest BCUT2D eigenvalue weighted by molar-refractivity contribution is -0.122. The first-order valence-corrected chi connectivity index (χ1v) is 5.99. The molecule has 0 amide bonds. The van der Waals surface area contributed by atoms with Crippen molar-refractivity contribution in [3.63, 3.8) is 0 Å². The second-order valence-corrected chi connectivity index (χ2v) is 4.70. The molecular formula is C14H16N2O2. The highest BCUT2D eigenvalue weighted by Gasteiger charge is 2.13. The van der Waals surface area contributed by atoms with Crippen molar-refractivity contribution in [3.8, 4) is 0 Å². The van der Waals surface area contributed by atoms with Gasteiger partial charge in [-0.15, -0.1) is 0 Å². The molecule has 2 rings (SSSR count). The number of rotatable bonds is 3. The van der Waals surface area contributed by atoms with E-state index >= 15 is 0 Å². The van der Waals surface area contributed by atoms with E-state index in [2.05, 4.69) is 4.98 Å². The summed E-state index contributed by atoms with van der Waals surface area (Å²) in [6.07, 6.45) is 0. The van der Waals surface area contributed by atoms with Gasteiger partial charge in [0.05, 0.1) is 17.6 Å². The summed E-state index contributed by atoms with van der Waals surface area (Å²) < 4.78 is 1.51. The maximum Gasteiger partial charge on any atom is 0.272 e. The van der Waals surface area contributed by atoms with Crippen LogP contribution in [0.2, 0.25) is 0 Å². The van der Waals surface area contributed by atoms with Crippen LogP contribution in [0.1, 0.15) is 19.5 Å². The summed E-state index contributed by atoms with van der Waals surface area (Å²) in [4.78, 5) is 28.2. The van der Waals surface area contributed by atoms with Crippen molar-refractivity contribution >= 4 is 16.8 Å². The molecule has 0 saturated carbocycles. The Balaban J connectivity index is 2.64. The van der Waals surface area contributed by atoms with Crippen molar-refractivity contribution in [2.75, 3.05) is 0 Å². The van der Waals surface area contributed by atoms with E-state index in [9.17, 15) is 9.59 Å². The Kier molecular flexibility index (Phi) is 3.28. The van der Waals surface area contributed by atoms with Gasteiger partial charge in [-0.25, -0.2) is 4.98 Å². The molecule has 0 aliphatic carbocycles. The predicted octanol–water partition coefficient (Wildman–Crippen LogP) is 1.93. The number of Topliss-reactive ketones (excluding diaryl/α,β-unsaturated/α-hetero) is 1. The van der Waals surface area contributed by atoms with Gasteiger partial charge in [0.2, 0.25) is 0 Å². The minimum absolute atomic E-state index is 0.0489. The van der Waals surface area contributed by atoms with Gasteiger partial charge < -0.3 is 0 Å². The molecule has 0 atom stereocenters. The Bertz CT molecular complexity index is 656. The van der Waals surface area contributed by atoms with E-state index in [0.29, 0.717) is 11.2 Å². The molecule has 0 bridgehead atoms. The number of hydrogen-bond donors (Lipinski definition) is 0. The maximum atomic E-state index is 12.1. The SMILES string of the molecule is Cc1nc2ccccc2n(CC(=O)C(C)C)c1=O. The quantitative estimate of drug-likeness (QED) is 0.829. The Morgan fingerprint density at radius 1 is 1.33 bits per heavy atom. The lowest BCUT2D eigenvalue weighted by Gasteiger charge is -2.11. The largest absolute Gasteiger partial charge is 0.298 e. The van der Waals surface area contributed by atoms with Gasteiger partial charge in [-0.05, 0) is 19.1 Å². The monoisotopic (exact) mass is 244 g/mol. The number of benzene rings is 1. The van der Waals surface area contributed by atoms with Gasteiger partial charge in [0, 0.05) is 5.92 Å². The fourth-order valence-electron chi connectivity index (χ4n) is 1.82. The first-order valence-electron chi connectivity index (χ1n) is 5.99. The van der Waals surface area contributed by atoms with Crippen molar-refractivity contribution in [3.05, 3.63) is 40.3 Å². The van der Waals surface area contributed by atoms with Gasteiger partial charge in [0.15, 0.2) is 5.78 Å². The number of hydrogen-bond acceptors (Lipinski definition) is 3. The maximum absolute atomic E-state index is 12.1. The fraction of sp³-hybridized carbons (Fsp3) is 0.357. The van der Waals surface area contributed by atoms with E-state index < -0.39 is 0 Å². The molecule has 1 heterocycles. The molecule has 0 saturated heterocycles. The highest BCUT2D eigenvalue weighted by atomic mass is 16.1. The van der Waals surface area contributed by atoms with Crippen LogP contribution in [0.15, 0.2) is 29.1 Å². The number of nitrogens with zero attached hydrogens (tertiary/aromatic N) is 2. The summed E-state index contributed by atoms with van der Waals surface area (Å²) in [5, 5.41) is 0. The van der Waals surface area contributed by atoms with Gasteiger partial charge in [0.25, 0.3) is 5.56 Å². The number of carbonyl (C=O) groups excluding carboxylic acids is 1. The van der Waals surface area contributed by atoms with E-state index in [1.54, 1.807) is 6.92 Å². The number of aryl methyl sites for hydroxylation is 1. The summed E-state index contributed by atoms with van der Waals surface area (Å²) in [6.45, 7) is 5.46. The Morgan fingerprint density at radius 2 is 2.00 bits per heavy atom. The lowest BCUT2D eigenvalue weighted by atomic mass is 10.1. The molecule has 4 heteroatoms. The minimum Gasteiger partial charge on any atom is -0.298 e. The Labute approximate surface area is 105 Å². The number of ketones is 1. The van der Waals surface area contributed by atoms with Gasteiger partial charge in [0.1, 0.15) is 5.69 Å². The molecule has 94 valence electrons. The van der Waals surface area contributed by atoms with Crippen LogP contribution in [0.25, 0.3) is 11.0 Å². The van der Waals surface area contributed by atoms with Crippen LogP contribution in [-0.4, -0.2) is 15.3 Å². The van der Waals surface area contributed by atoms with Crippen molar-refractivity contribution < 1.29 is 4.79 Å². The van der Waals surface area contributed by atoms with Crippen LogP contribution in [0, 0.1) is 12.8 Å². The summed E-state index contributed by atoms with van der Waals surface area (Å²) in [6, 6.07) is 7.37. The number of para-hydroxylation sites is 2. The molecule has 0 unspecified atom stereocenters. The molecule has 0 aliphatic heterocycles. The Morgan fingerprint density at radius 3 is 2.67 bits per heavy atom. The lowest BCUT2D eigenvalue weighted by Crippen LogP contribution is -2.28. The third-order valence-corrected chi connectivity index (χ3v) is 2.97. The molecule has 0 radical (unpaired) electrons. The van der Waals surface area contributed by atoms with Gasteiger partial charge >= 0.3 is 0 Å². The summed E-state index contributed by atoms with van der Waals surface area (Å²) in [5.74, 6) is -0.0306. The van der Waals surface area contributed by atoms with Crippen molar-refractivity contribution in [2.45, 2.75) is 27.3 Å². The minimum atomic E-state index is -0.192. The van der Waals surface area contributed by atoms with Crippen LogP contribution in [-0.2, 0) is 11.3 Å². The molecule has 1 aromatic heterocycles. The molecule has 0 fully saturated rings.